The van der Waals surface area contributed by atoms with Crippen LogP contribution in [0.25, 0.3) is 0 Å². The van der Waals surface area contributed by atoms with Gasteiger partial charge in [0.15, 0.2) is 0 Å². The first kappa shape index (κ1) is 12.5. The molecule has 2 heteroatoms. The number of halogens is 1. The van der Waals surface area contributed by atoms with Crippen molar-refractivity contribution in [3.63, 3.8) is 0 Å². The van der Waals surface area contributed by atoms with Gasteiger partial charge in [-0.05, 0) is 37.1 Å². The van der Waals surface area contributed by atoms with Crippen molar-refractivity contribution in [3.05, 3.63) is 64.2 Å². The average molecular weight is 263 g/mol. The molecule has 0 spiro atoms. The second-order valence-electron chi connectivity index (χ2n) is 4.15. The van der Waals surface area contributed by atoms with Crippen LogP contribution in [0.4, 0.5) is 0 Å². The summed E-state index contributed by atoms with van der Waals surface area (Å²) >= 11 is 7.99. The Hall–Kier alpha value is -0.920. The maximum absolute atomic E-state index is 6.15. The van der Waals surface area contributed by atoms with Crippen molar-refractivity contribution in [1.29, 1.82) is 0 Å². The SMILES string of the molecule is Cc1ccc(C)c(SCc2ccccc2Cl)c1. The summed E-state index contributed by atoms with van der Waals surface area (Å²) in [7, 11) is 0. The van der Waals surface area contributed by atoms with Gasteiger partial charge in [-0.15, -0.1) is 11.8 Å². The van der Waals surface area contributed by atoms with Crippen LogP contribution in [0.5, 0.6) is 0 Å². The molecule has 0 heterocycles. The Bertz CT molecular complexity index is 520. The van der Waals surface area contributed by atoms with Gasteiger partial charge in [-0.1, -0.05) is 47.5 Å². The van der Waals surface area contributed by atoms with Crippen molar-refractivity contribution < 1.29 is 0 Å². The van der Waals surface area contributed by atoms with Crippen LogP contribution in [0.15, 0.2) is 47.4 Å². The predicted octanol–water partition coefficient (Wildman–Crippen LogP) is 5.25. The highest BCUT2D eigenvalue weighted by atomic mass is 35.5. The molecule has 0 amide bonds. The fourth-order valence-corrected chi connectivity index (χ4v) is 3.04. The fraction of sp³-hybridized carbons (Fsp3) is 0.200. The van der Waals surface area contributed by atoms with Crippen molar-refractivity contribution in [1.82, 2.24) is 0 Å². The molecule has 0 N–H and O–H groups in total. The molecule has 0 aromatic heterocycles. The van der Waals surface area contributed by atoms with E-state index in [9.17, 15) is 0 Å². The van der Waals surface area contributed by atoms with Gasteiger partial charge in [0.05, 0.1) is 0 Å². The minimum absolute atomic E-state index is 0.852. The predicted molar refractivity (Wildman–Crippen MR) is 76.9 cm³/mol. The molecule has 0 nitrogen and oxygen atoms in total. The molecule has 0 unspecified atom stereocenters. The lowest BCUT2D eigenvalue weighted by molar-refractivity contribution is 1.25. The Morgan fingerprint density at radius 2 is 1.82 bits per heavy atom. The largest absolute Gasteiger partial charge is 0.121 e. The van der Waals surface area contributed by atoms with Crippen LogP contribution in [0.1, 0.15) is 16.7 Å². The molecule has 0 aliphatic rings. The summed E-state index contributed by atoms with van der Waals surface area (Å²) in [6, 6.07) is 14.6. The Morgan fingerprint density at radius 3 is 2.59 bits per heavy atom. The lowest BCUT2D eigenvalue weighted by Gasteiger charge is -2.07. The molecule has 0 bridgehead atoms. The van der Waals surface area contributed by atoms with E-state index in [-0.39, 0.29) is 0 Å². The van der Waals surface area contributed by atoms with Crippen LogP contribution in [0.3, 0.4) is 0 Å². The summed E-state index contributed by atoms with van der Waals surface area (Å²) in [5, 5.41) is 0.852. The third-order valence-electron chi connectivity index (χ3n) is 2.68. The van der Waals surface area contributed by atoms with E-state index in [0.29, 0.717) is 0 Å². The highest BCUT2D eigenvalue weighted by Crippen LogP contribution is 2.29. The van der Waals surface area contributed by atoms with Gasteiger partial charge in [-0.2, -0.15) is 0 Å². The van der Waals surface area contributed by atoms with Gasteiger partial charge in [-0.3, -0.25) is 0 Å². The van der Waals surface area contributed by atoms with Crippen molar-refractivity contribution in [2.24, 2.45) is 0 Å². The summed E-state index contributed by atoms with van der Waals surface area (Å²) in [5.74, 6) is 0.921. The van der Waals surface area contributed by atoms with Crippen LogP contribution in [-0.2, 0) is 5.75 Å². The summed E-state index contributed by atoms with van der Waals surface area (Å²) in [6.45, 7) is 4.27. The van der Waals surface area contributed by atoms with Gasteiger partial charge in [0.1, 0.15) is 0 Å². The molecule has 0 aliphatic carbocycles. The quantitative estimate of drug-likeness (QED) is 0.681. The van der Waals surface area contributed by atoms with E-state index >= 15 is 0 Å². The summed E-state index contributed by atoms with van der Waals surface area (Å²) in [6.07, 6.45) is 0. The minimum Gasteiger partial charge on any atom is -0.121 e. The lowest BCUT2D eigenvalue weighted by atomic mass is 10.2. The van der Waals surface area contributed by atoms with Crippen molar-refractivity contribution in [3.8, 4) is 0 Å². The Kier molecular flexibility index (Phi) is 4.14. The minimum atomic E-state index is 0.852. The zero-order valence-corrected chi connectivity index (χ0v) is 11.6. The third kappa shape index (κ3) is 3.27. The first-order valence-electron chi connectivity index (χ1n) is 5.60. The number of rotatable bonds is 3. The van der Waals surface area contributed by atoms with Gasteiger partial charge >= 0.3 is 0 Å². The number of aryl methyl sites for hydroxylation is 2. The first-order chi connectivity index (χ1) is 8.16. The van der Waals surface area contributed by atoms with Gasteiger partial charge in [-0.25, -0.2) is 0 Å². The van der Waals surface area contributed by atoms with Crippen LogP contribution in [0, 0.1) is 13.8 Å². The van der Waals surface area contributed by atoms with Crippen molar-refractivity contribution >= 4 is 23.4 Å². The summed E-state index contributed by atoms with van der Waals surface area (Å²) in [5.41, 5.74) is 3.82. The highest BCUT2D eigenvalue weighted by Gasteiger charge is 2.03. The number of hydrogen-bond acceptors (Lipinski definition) is 1. The standard InChI is InChI=1S/C15H15ClS/c1-11-7-8-12(2)15(9-11)17-10-13-5-3-4-6-14(13)16/h3-9H,10H2,1-2H3. The van der Waals surface area contributed by atoms with Crippen LogP contribution < -0.4 is 0 Å². The molecule has 0 aliphatic heterocycles. The zero-order chi connectivity index (χ0) is 12.3. The molecule has 0 saturated carbocycles. The average Bonchev–Trinajstić information content (AvgIpc) is 2.32. The Labute approximate surface area is 112 Å². The summed E-state index contributed by atoms with van der Waals surface area (Å²) in [4.78, 5) is 1.34. The zero-order valence-electron chi connectivity index (χ0n) is 10.0. The van der Waals surface area contributed by atoms with Crippen LogP contribution >= 0.6 is 23.4 Å². The van der Waals surface area contributed by atoms with Gasteiger partial charge in [0.25, 0.3) is 0 Å². The molecule has 17 heavy (non-hydrogen) atoms. The van der Waals surface area contributed by atoms with E-state index in [1.165, 1.54) is 21.6 Å². The lowest BCUT2D eigenvalue weighted by Crippen LogP contribution is -1.85. The van der Waals surface area contributed by atoms with Crippen molar-refractivity contribution in [2.45, 2.75) is 24.5 Å². The summed E-state index contributed by atoms with van der Waals surface area (Å²) < 4.78 is 0. The van der Waals surface area contributed by atoms with E-state index in [0.717, 1.165) is 10.8 Å². The molecular formula is C15H15ClS. The second-order valence-corrected chi connectivity index (χ2v) is 5.57. The van der Waals surface area contributed by atoms with Crippen molar-refractivity contribution in [2.75, 3.05) is 0 Å². The van der Waals surface area contributed by atoms with Crippen LogP contribution in [-0.4, -0.2) is 0 Å². The molecule has 0 radical (unpaired) electrons. The maximum Gasteiger partial charge on any atom is 0.0446 e. The van der Waals surface area contributed by atoms with Gasteiger partial charge in [0, 0.05) is 15.7 Å². The number of hydrogen-bond donors (Lipinski definition) is 0. The second kappa shape index (κ2) is 5.61. The molecule has 2 rings (SSSR count). The third-order valence-corrected chi connectivity index (χ3v) is 4.26. The molecular weight excluding hydrogens is 248 g/mol. The normalized spacial score (nSPS) is 10.5. The molecule has 2 aromatic carbocycles. The topological polar surface area (TPSA) is 0 Å². The molecule has 88 valence electrons. The molecule has 0 atom stereocenters. The Balaban J connectivity index is 2.12. The van der Waals surface area contributed by atoms with E-state index in [4.69, 9.17) is 11.6 Å². The molecule has 0 saturated heterocycles. The molecule has 2 aromatic rings. The van der Waals surface area contributed by atoms with Crippen LogP contribution in [0.2, 0.25) is 5.02 Å². The fourth-order valence-electron chi connectivity index (χ4n) is 1.63. The number of benzene rings is 2. The van der Waals surface area contributed by atoms with Gasteiger partial charge in [0.2, 0.25) is 0 Å². The molecule has 0 fully saturated rings. The Morgan fingerprint density at radius 1 is 1.06 bits per heavy atom. The van der Waals surface area contributed by atoms with E-state index in [2.05, 4.69) is 38.1 Å². The number of thioether (sulfide) groups is 1. The van der Waals surface area contributed by atoms with E-state index in [1.54, 1.807) is 0 Å². The highest BCUT2D eigenvalue weighted by molar-refractivity contribution is 7.98. The van der Waals surface area contributed by atoms with E-state index < -0.39 is 0 Å². The maximum atomic E-state index is 6.15. The monoisotopic (exact) mass is 262 g/mol. The van der Waals surface area contributed by atoms with E-state index in [1.807, 2.05) is 30.0 Å². The van der Waals surface area contributed by atoms with Gasteiger partial charge < -0.3 is 0 Å². The smallest absolute Gasteiger partial charge is 0.0446 e. The first-order valence-corrected chi connectivity index (χ1v) is 6.96.